The normalized spacial score (nSPS) is 25.9. The van der Waals surface area contributed by atoms with E-state index >= 15 is 0 Å². The monoisotopic (exact) mass is 428 g/mol. The molecular weight excluding hydrogens is 392 g/mol. The minimum atomic E-state index is -0.701. The summed E-state index contributed by atoms with van der Waals surface area (Å²) in [7, 11) is 0. The van der Waals surface area contributed by atoms with Crippen LogP contribution in [0.15, 0.2) is 30.3 Å². The summed E-state index contributed by atoms with van der Waals surface area (Å²) in [6, 6.07) is 8.32. The lowest BCUT2D eigenvalue weighted by Crippen LogP contribution is -2.49. The summed E-state index contributed by atoms with van der Waals surface area (Å²) < 4.78 is 5.40. The lowest BCUT2D eigenvalue weighted by molar-refractivity contribution is -0.150. The number of nitrogens with one attached hydrogen (secondary N) is 1. The predicted octanol–water partition coefficient (Wildman–Crippen LogP) is 3.72. The smallest absolute Gasteiger partial charge is 0.311 e. The Morgan fingerprint density at radius 2 is 1.77 bits per heavy atom. The van der Waals surface area contributed by atoms with E-state index in [0.29, 0.717) is 18.9 Å². The SMILES string of the molecule is CCOC(=O)C1C(C)C(C(=O)NCC2CC2)N(C(=O)CC(C)(C)C)C1c1ccccc1. The molecule has 4 atom stereocenters. The number of nitrogens with zero attached hydrogens (tertiary/aromatic N) is 1. The van der Waals surface area contributed by atoms with E-state index in [0.717, 1.165) is 18.4 Å². The molecule has 1 aliphatic heterocycles. The number of amides is 2. The Bertz CT molecular complexity index is 797. The number of carbonyl (C=O) groups is 3. The van der Waals surface area contributed by atoms with Gasteiger partial charge in [-0.05, 0) is 36.7 Å². The Morgan fingerprint density at radius 3 is 2.32 bits per heavy atom. The van der Waals surface area contributed by atoms with Crippen molar-refractivity contribution in [3.8, 4) is 0 Å². The largest absolute Gasteiger partial charge is 0.466 e. The van der Waals surface area contributed by atoms with Gasteiger partial charge in [0, 0.05) is 18.9 Å². The molecule has 1 saturated heterocycles. The van der Waals surface area contributed by atoms with Crippen molar-refractivity contribution in [1.29, 1.82) is 0 Å². The Kier molecular flexibility index (Phi) is 7.07. The van der Waals surface area contributed by atoms with Crippen molar-refractivity contribution in [2.75, 3.05) is 13.2 Å². The van der Waals surface area contributed by atoms with Crippen LogP contribution in [0.3, 0.4) is 0 Å². The zero-order valence-electron chi connectivity index (χ0n) is 19.4. The molecule has 1 N–H and O–H groups in total. The van der Waals surface area contributed by atoms with Gasteiger partial charge in [-0.15, -0.1) is 0 Å². The van der Waals surface area contributed by atoms with Gasteiger partial charge in [0.05, 0.1) is 18.6 Å². The van der Waals surface area contributed by atoms with Gasteiger partial charge in [0.2, 0.25) is 11.8 Å². The van der Waals surface area contributed by atoms with Crippen molar-refractivity contribution < 1.29 is 19.1 Å². The molecule has 1 aliphatic carbocycles. The second kappa shape index (κ2) is 9.41. The highest BCUT2D eigenvalue weighted by molar-refractivity contribution is 5.91. The van der Waals surface area contributed by atoms with Crippen molar-refractivity contribution in [2.45, 2.75) is 66.0 Å². The molecule has 31 heavy (non-hydrogen) atoms. The van der Waals surface area contributed by atoms with Crippen LogP contribution >= 0.6 is 0 Å². The van der Waals surface area contributed by atoms with Gasteiger partial charge < -0.3 is 15.0 Å². The molecule has 6 nitrogen and oxygen atoms in total. The van der Waals surface area contributed by atoms with Gasteiger partial charge in [-0.25, -0.2) is 0 Å². The van der Waals surface area contributed by atoms with Gasteiger partial charge in [0.1, 0.15) is 6.04 Å². The molecule has 4 unspecified atom stereocenters. The van der Waals surface area contributed by atoms with Crippen LogP contribution in [0.4, 0.5) is 0 Å². The number of ether oxygens (including phenoxy) is 1. The third-order valence-corrected chi connectivity index (χ3v) is 6.20. The van der Waals surface area contributed by atoms with Gasteiger partial charge in [0.15, 0.2) is 0 Å². The van der Waals surface area contributed by atoms with Crippen LogP contribution < -0.4 is 5.32 Å². The Balaban J connectivity index is 2.02. The van der Waals surface area contributed by atoms with Crippen molar-refractivity contribution in [3.05, 3.63) is 35.9 Å². The molecule has 2 fully saturated rings. The van der Waals surface area contributed by atoms with E-state index in [1.165, 1.54) is 0 Å². The molecule has 2 aliphatic rings. The van der Waals surface area contributed by atoms with Crippen molar-refractivity contribution in [2.24, 2.45) is 23.2 Å². The minimum Gasteiger partial charge on any atom is -0.466 e. The van der Waals surface area contributed by atoms with Crippen LogP contribution in [-0.4, -0.2) is 41.9 Å². The minimum absolute atomic E-state index is 0.105. The number of hydrogen-bond acceptors (Lipinski definition) is 4. The first-order valence-electron chi connectivity index (χ1n) is 11.4. The highest BCUT2D eigenvalue weighted by Gasteiger charge is 2.55. The first-order valence-corrected chi connectivity index (χ1v) is 11.4. The fraction of sp³-hybridized carbons (Fsp3) is 0.640. The number of rotatable bonds is 7. The molecule has 170 valence electrons. The molecule has 6 heteroatoms. The summed E-state index contributed by atoms with van der Waals surface area (Å²) in [5.74, 6) is -1.05. The third kappa shape index (κ3) is 5.46. The summed E-state index contributed by atoms with van der Waals surface area (Å²) >= 11 is 0. The average Bonchev–Trinajstić information content (AvgIpc) is 3.47. The molecule has 1 aromatic rings. The number of esters is 1. The molecule has 0 aromatic heterocycles. The average molecular weight is 429 g/mol. The van der Waals surface area contributed by atoms with Crippen molar-refractivity contribution >= 4 is 17.8 Å². The van der Waals surface area contributed by atoms with Crippen LogP contribution in [0, 0.1) is 23.2 Å². The molecule has 1 heterocycles. The molecule has 2 amide bonds. The van der Waals surface area contributed by atoms with Gasteiger partial charge in [-0.2, -0.15) is 0 Å². The van der Waals surface area contributed by atoms with Crippen molar-refractivity contribution in [3.63, 3.8) is 0 Å². The van der Waals surface area contributed by atoms with E-state index in [9.17, 15) is 14.4 Å². The van der Waals surface area contributed by atoms with Gasteiger partial charge in [-0.3, -0.25) is 14.4 Å². The summed E-state index contributed by atoms with van der Waals surface area (Å²) in [4.78, 5) is 41.6. The maximum Gasteiger partial charge on any atom is 0.311 e. The van der Waals surface area contributed by atoms with E-state index < -0.39 is 18.0 Å². The van der Waals surface area contributed by atoms with Gasteiger partial charge >= 0.3 is 5.97 Å². The highest BCUT2D eigenvalue weighted by Crippen LogP contribution is 2.46. The Morgan fingerprint density at radius 1 is 1.13 bits per heavy atom. The number of carbonyl (C=O) groups excluding carboxylic acids is 3. The number of hydrogen-bond donors (Lipinski definition) is 1. The summed E-state index contributed by atoms with van der Waals surface area (Å²) in [6.07, 6.45) is 2.56. The molecular formula is C25H36N2O4. The van der Waals surface area contributed by atoms with E-state index in [1.54, 1.807) is 11.8 Å². The number of benzene rings is 1. The number of likely N-dealkylation sites (tertiary alicyclic amines) is 1. The second-order valence-electron chi connectivity index (χ2n) is 10.2. The van der Waals surface area contributed by atoms with Crippen LogP contribution in [-0.2, 0) is 19.1 Å². The first-order chi connectivity index (χ1) is 14.6. The van der Waals surface area contributed by atoms with E-state index in [2.05, 4.69) is 5.32 Å². The zero-order chi connectivity index (χ0) is 22.8. The van der Waals surface area contributed by atoms with E-state index in [-0.39, 0.29) is 35.7 Å². The van der Waals surface area contributed by atoms with Crippen LogP contribution in [0.5, 0.6) is 0 Å². The highest BCUT2D eigenvalue weighted by atomic mass is 16.5. The molecule has 3 rings (SSSR count). The van der Waals surface area contributed by atoms with E-state index in [1.807, 2.05) is 58.0 Å². The maximum absolute atomic E-state index is 13.6. The Labute approximate surface area is 185 Å². The molecule has 1 aromatic carbocycles. The molecule has 0 radical (unpaired) electrons. The summed E-state index contributed by atoms with van der Waals surface area (Å²) in [5.41, 5.74) is 0.616. The van der Waals surface area contributed by atoms with E-state index in [4.69, 9.17) is 4.74 Å². The zero-order valence-corrected chi connectivity index (χ0v) is 19.4. The Hall–Kier alpha value is -2.37. The maximum atomic E-state index is 13.6. The standard InChI is InChI=1S/C25H36N2O4/c1-6-31-24(30)20-16(2)21(23(29)26-15-17-12-13-17)27(19(28)14-25(3,4)5)22(20)18-10-8-7-9-11-18/h7-11,16-17,20-22H,6,12-15H2,1-5H3,(H,26,29). The topological polar surface area (TPSA) is 75.7 Å². The van der Waals surface area contributed by atoms with Gasteiger partial charge in [-0.1, -0.05) is 58.0 Å². The van der Waals surface area contributed by atoms with Crippen LogP contribution in [0.25, 0.3) is 0 Å². The molecule has 1 saturated carbocycles. The van der Waals surface area contributed by atoms with Crippen molar-refractivity contribution in [1.82, 2.24) is 10.2 Å². The lowest BCUT2D eigenvalue weighted by atomic mass is 9.85. The van der Waals surface area contributed by atoms with Crippen LogP contribution in [0.1, 0.15) is 65.5 Å². The van der Waals surface area contributed by atoms with Gasteiger partial charge in [0.25, 0.3) is 0 Å². The lowest BCUT2D eigenvalue weighted by Gasteiger charge is -2.33. The first kappa shape index (κ1) is 23.3. The predicted molar refractivity (Wildman–Crippen MR) is 119 cm³/mol. The quantitative estimate of drug-likeness (QED) is 0.672. The summed E-state index contributed by atoms with van der Waals surface area (Å²) in [5, 5.41) is 3.04. The fourth-order valence-corrected chi connectivity index (χ4v) is 4.58. The molecule has 0 bridgehead atoms. The molecule has 0 spiro atoms. The summed E-state index contributed by atoms with van der Waals surface area (Å²) in [6.45, 7) is 10.6. The fourth-order valence-electron chi connectivity index (χ4n) is 4.58. The second-order valence-corrected chi connectivity index (χ2v) is 10.2. The van der Waals surface area contributed by atoms with Crippen LogP contribution in [0.2, 0.25) is 0 Å². The third-order valence-electron chi connectivity index (χ3n) is 6.20.